The SMILES string of the molecule is CC.COC1CCCCC1C1(C)OC1CC=C(C)C. The first kappa shape index (κ1) is 16.7. The van der Waals surface area contributed by atoms with Crippen molar-refractivity contribution < 1.29 is 9.47 Å². The molecule has 2 aliphatic rings. The van der Waals surface area contributed by atoms with Crippen LogP contribution < -0.4 is 0 Å². The van der Waals surface area contributed by atoms with E-state index in [1.54, 1.807) is 0 Å². The molecule has 2 rings (SSSR count). The lowest BCUT2D eigenvalue weighted by Crippen LogP contribution is -2.37. The van der Waals surface area contributed by atoms with E-state index in [0.29, 0.717) is 18.1 Å². The minimum Gasteiger partial charge on any atom is -0.381 e. The van der Waals surface area contributed by atoms with Crippen molar-refractivity contribution in [3.05, 3.63) is 11.6 Å². The number of rotatable bonds is 4. The normalized spacial score (nSPS) is 37.1. The Bertz CT molecular complexity index is 294. The molecule has 0 aromatic carbocycles. The first-order valence-electron chi connectivity index (χ1n) is 7.92. The molecule has 2 nitrogen and oxygen atoms in total. The summed E-state index contributed by atoms with van der Waals surface area (Å²) in [7, 11) is 1.85. The van der Waals surface area contributed by atoms with Gasteiger partial charge in [0.25, 0.3) is 0 Å². The highest BCUT2D eigenvalue weighted by atomic mass is 16.6. The summed E-state index contributed by atoms with van der Waals surface area (Å²) in [6.07, 6.45) is 9.29. The third-order valence-corrected chi connectivity index (χ3v) is 4.46. The summed E-state index contributed by atoms with van der Waals surface area (Å²) in [5.74, 6) is 0.594. The summed E-state index contributed by atoms with van der Waals surface area (Å²) in [5, 5.41) is 0. The van der Waals surface area contributed by atoms with E-state index in [9.17, 15) is 0 Å². The van der Waals surface area contributed by atoms with Crippen LogP contribution in [-0.2, 0) is 9.47 Å². The lowest BCUT2D eigenvalue weighted by atomic mass is 9.76. The summed E-state index contributed by atoms with van der Waals surface area (Å²) in [4.78, 5) is 0. The molecule has 0 radical (unpaired) electrons. The Morgan fingerprint density at radius 1 is 1.26 bits per heavy atom. The average Bonchev–Trinajstić information content (AvgIpc) is 3.11. The number of hydrogen-bond acceptors (Lipinski definition) is 2. The van der Waals surface area contributed by atoms with Gasteiger partial charge in [0.05, 0.1) is 17.8 Å². The number of ether oxygens (including phenoxy) is 2. The van der Waals surface area contributed by atoms with Crippen LogP contribution in [0.5, 0.6) is 0 Å². The minimum atomic E-state index is 0.0764. The summed E-state index contributed by atoms with van der Waals surface area (Å²) in [6, 6.07) is 0. The third-order valence-electron chi connectivity index (χ3n) is 4.46. The number of methoxy groups -OCH3 is 1. The first-order chi connectivity index (χ1) is 9.08. The number of epoxide rings is 1. The van der Waals surface area contributed by atoms with E-state index in [1.165, 1.54) is 31.3 Å². The topological polar surface area (TPSA) is 21.8 Å². The van der Waals surface area contributed by atoms with Crippen molar-refractivity contribution in [3.8, 4) is 0 Å². The van der Waals surface area contributed by atoms with Gasteiger partial charge in [-0.05, 0) is 40.0 Å². The lowest BCUT2D eigenvalue weighted by molar-refractivity contribution is -0.00777. The van der Waals surface area contributed by atoms with Gasteiger partial charge in [-0.15, -0.1) is 0 Å². The summed E-state index contributed by atoms with van der Waals surface area (Å²) in [5.41, 5.74) is 1.46. The highest BCUT2D eigenvalue weighted by Crippen LogP contribution is 2.50. The van der Waals surface area contributed by atoms with Crippen LogP contribution in [0.2, 0.25) is 0 Å². The lowest BCUT2D eigenvalue weighted by Gasteiger charge is -2.33. The van der Waals surface area contributed by atoms with Crippen molar-refractivity contribution in [2.24, 2.45) is 5.92 Å². The maximum Gasteiger partial charge on any atom is 0.0976 e. The molecular formula is C17H32O2. The van der Waals surface area contributed by atoms with E-state index >= 15 is 0 Å². The quantitative estimate of drug-likeness (QED) is 0.543. The molecule has 112 valence electrons. The first-order valence-corrected chi connectivity index (χ1v) is 7.92. The summed E-state index contributed by atoms with van der Waals surface area (Å²) < 4.78 is 11.7. The molecule has 4 atom stereocenters. The van der Waals surface area contributed by atoms with Crippen molar-refractivity contribution in [1.29, 1.82) is 0 Å². The molecule has 0 amide bonds. The Labute approximate surface area is 119 Å². The Morgan fingerprint density at radius 2 is 1.89 bits per heavy atom. The van der Waals surface area contributed by atoms with Gasteiger partial charge < -0.3 is 9.47 Å². The van der Waals surface area contributed by atoms with Crippen LogP contribution in [0.25, 0.3) is 0 Å². The van der Waals surface area contributed by atoms with Gasteiger partial charge in [0, 0.05) is 13.0 Å². The molecular weight excluding hydrogens is 236 g/mol. The van der Waals surface area contributed by atoms with Crippen molar-refractivity contribution in [2.45, 2.75) is 84.5 Å². The molecule has 1 saturated carbocycles. The molecule has 1 saturated heterocycles. The van der Waals surface area contributed by atoms with E-state index in [2.05, 4.69) is 26.8 Å². The minimum absolute atomic E-state index is 0.0764. The predicted molar refractivity (Wildman–Crippen MR) is 81.4 cm³/mol. The Kier molecular flexibility index (Phi) is 6.55. The second-order valence-corrected chi connectivity index (χ2v) is 5.97. The second kappa shape index (κ2) is 7.44. The van der Waals surface area contributed by atoms with E-state index in [0.717, 1.165) is 6.42 Å². The Morgan fingerprint density at radius 3 is 2.47 bits per heavy atom. The van der Waals surface area contributed by atoms with Crippen LogP contribution in [0.4, 0.5) is 0 Å². The van der Waals surface area contributed by atoms with Gasteiger partial charge in [-0.25, -0.2) is 0 Å². The van der Waals surface area contributed by atoms with Gasteiger partial charge in [-0.1, -0.05) is 38.3 Å². The summed E-state index contributed by atoms with van der Waals surface area (Å²) >= 11 is 0. The molecule has 0 aromatic heterocycles. The van der Waals surface area contributed by atoms with E-state index in [1.807, 2.05) is 21.0 Å². The molecule has 0 bridgehead atoms. The molecule has 4 unspecified atom stereocenters. The maximum atomic E-state index is 6.00. The number of allylic oxidation sites excluding steroid dienone is 1. The van der Waals surface area contributed by atoms with Crippen LogP contribution in [0, 0.1) is 5.92 Å². The van der Waals surface area contributed by atoms with Crippen LogP contribution in [0.1, 0.15) is 66.7 Å². The molecule has 2 fully saturated rings. The van der Waals surface area contributed by atoms with Gasteiger partial charge in [-0.3, -0.25) is 0 Å². The van der Waals surface area contributed by atoms with Crippen molar-refractivity contribution in [1.82, 2.24) is 0 Å². The van der Waals surface area contributed by atoms with E-state index in [4.69, 9.17) is 9.47 Å². The zero-order valence-corrected chi connectivity index (χ0v) is 13.7. The molecule has 19 heavy (non-hydrogen) atoms. The van der Waals surface area contributed by atoms with Crippen LogP contribution in [0.3, 0.4) is 0 Å². The van der Waals surface area contributed by atoms with Gasteiger partial charge in [0.15, 0.2) is 0 Å². The fourth-order valence-electron chi connectivity index (χ4n) is 3.26. The van der Waals surface area contributed by atoms with Crippen molar-refractivity contribution >= 4 is 0 Å². The average molecular weight is 268 g/mol. The molecule has 0 aromatic rings. The van der Waals surface area contributed by atoms with E-state index < -0.39 is 0 Å². The second-order valence-electron chi connectivity index (χ2n) is 5.97. The zero-order valence-electron chi connectivity index (χ0n) is 13.7. The molecule has 2 heteroatoms. The fourth-order valence-corrected chi connectivity index (χ4v) is 3.26. The largest absolute Gasteiger partial charge is 0.381 e. The standard InChI is InChI=1S/C15H26O2.C2H6/c1-11(2)9-10-14-15(3,17-14)12-7-5-6-8-13(12)16-4;1-2/h9,12-14H,5-8,10H2,1-4H3;1-2H3. The predicted octanol–water partition coefficient (Wildman–Crippen LogP) is 4.73. The molecule has 0 spiro atoms. The van der Waals surface area contributed by atoms with Gasteiger partial charge in [0.2, 0.25) is 0 Å². The zero-order chi connectivity index (χ0) is 14.5. The Hall–Kier alpha value is -0.340. The molecule has 1 aliphatic carbocycles. The van der Waals surface area contributed by atoms with Gasteiger partial charge in [0.1, 0.15) is 0 Å². The van der Waals surface area contributed by atoms with Crippen LogP contribution in [-0.4, -0.2) is 24.9 Å². The molecule has 0 N–H and O–H groups in total. The van der Waals surface area contributed by atoms with Gasteiger partial charge >= 0.3 is 0 Å². The van der Waals surface area contributed by atoms with Crippen molar-refractivity contribution in [2.75, 3.05) is 7.11 Å². The van der Waals surface area contributed by atoms with E-state index in [-0.39, 0.29) is 5.60 Å². The third kappa shape index (κ3) is 4.06. The summed E-state index contributed by atoms with van der Waals surface area (Å²) in [6.45, 7) is 10.6. The number of hydrogen-bond donors (Lipinski definition) is 0. The fraction of sp³-hybridized carbons (Fsp3) is 0.882. The van der Waals surface area contributed by atoms with Crippen LogP contribution >= 0.6 is 0 Å². The smallest absolute Gasteiger partial charge is 0.0976 e. The Balaban J connectivity index is 0.000000861. The highest BCUT2D eigenvalue weighted by molar-refractivity contribution is 5.10. The van der Waals surface area contributed by atoms with Crippen molar-refractivity contribution in [3.63, 3.8) is 0 Å². The highest BCUT2D eigenvalue weighted by Gasteiger charge is 2.58. The monoisotopic (exact) mass is 268 g/mol. The van der Waals surface area contributed by atoms with Crippen LogP contribution in [0.15, 0.2) is 11.6 Å². The molecule has 1 aliphatic heterocycles. The maximum absolute atomic E-state index is 6.00. The molecule has 1 heterocycles. The van der Waals surface area contributed by atoms with Gasteiger partial charge in [-0.2, -0.15) is 0 Å².